The first-order valence-corrected chi connectivity index (χ1v) is 7.23. The number of carbonyl (C=O) groups is 1. The van der Waals surface area contributed by atoms with Gasteiger partial charge in [-0.05, 0) is 30.7 Å². The maximum Gasteiger partial charge on any atom is 0.323 e. The highest BCUT2D eigenvalue weighted by Gasteiger charge is 2.10. The SMILES string of the molecule is CCCCCCCN(CC(=O)O)c1ccc(Cl)cc1. The third-order valence-corrected chi connectivity index (χ3v) is 3.30. The number of carboxylic acid groups (broad SMARTS) is 1. The lowest BCUT2D eigenvalue weighted by Crippen LogP contribution is -2.30. The lowest BCUT2D eigenvalue weighted by atomic mass is 10.1. The van der Waals surface area contributed by atoms with Crippen LogP contribution in [-0.4, -0.2) is 24.2 Å². The molecule has 0 saturated heterocycles. The van der Waals surface area contributed by atoms with Crippen molar-refractivity contribution in [2.75, 3.05) is 18.0 Å². The fourth-order valence-corrected chi connectivity index (χ4v) is 2.15. The van der Waals surface area contributed by atoms with Crippen LogP contribution in [0.5, 0.6) is 0 Å². The molecule has 3 nitrogen and oxygen atoms in total. The summed E-state index contributed by atoms with van der Waals surface area (Å²) in [7, 11) is 0. The fraction of sp³-hybridized carbons (Fsp3) is 0.533. The van der Waals surface area contributed by atoms with Gasteiger partial charge in [-0.1, -0.05) is 44.2 Å². The summed E-state index contributed by atoms with van der Waals surface area (Å²) in [4.78, 5) is 12.8. The second-order valence-corrected chi connectivity index (χ2v) is 5.14. The molecular formula is C15H22ClNO2. The Hall–Kier alpha value is -1.22. The summed E-state index contributed by atoms with van der Waals surface area (Å²) in [6.45, 7) is 3.00. The molecule has 19 heavy (non-hydrogen) atoms. The van der Waals surface area contributed by atoms with E-state index in [0.29, 0.717) is 5.02 Å². The zero-order chi connectivity index (χ0) is 14.1. The third kappa shape index (κ3) is 6.48. The Bertz CT molecular complexity index is 378. The molecule has 0 spiro atoms. The Morgan fingerprint density at radius 1 is 1.16 bits per heavy atom. The van der Waals surface area contributed by atoms with Crippen molar-refractivity contribution in [1.82, 2.24) is 0 Å². The molecule has 0 aliphatic heterocycles. The van der Waals surface area contributed by atoms with E-state index in [1.807, 2.05) is 17.0 Å². The number of hydrogen-bond donors (Lipinski definition) is 1. The van der Waals surface area contributed by atoms with Crippen molar-refractivity contribution in [3.05, 3.63) is 29.3 Å². The lowest BCUT2D eigenvalue weighted by molar-refractivity contribution is -0.135. The van der Waals surface area contributed by atoms with Crippen molar-refractivity contribution in [1.29, 1.82) is 0 Å². The average molecular weight is 284 g/mol. The monoisotopic (exact) mass is 283 g/mol. The van der Waals surface area contributed by atoms with Gasteiger partial charge in [0, 0.05) is 17.3 Å². The predicted octanol–water partition coefficient (Wildman–Crippen LogP) is 4.20. The number of benzene rings is 1. The van der Waals surface area contributed by atoms with E-state index < -0.39 is 5.97 Å². The fourth-order valence-electron chi connectivity index (χ4n) is 2.02. The van der Waals surface area contributed by atoms with Gasteiger partial charge in [0.15, 0.2) is 0 Å². The van der Waals surface area contributed by atoms with Gasteiger partial charge < -0.3 is 10.0 Å². The molecule has 0 bridgehead atoms. The quantitative estimate of drug-likeness (QED) is 0.691. The largest absolute Gasteiger partial charge is 0.480 e. The normalized spacial score (nSPS) is 10.4. The van der Waals surface area contributed by atoms with Crippen LogP contribution in [0.25, 0.3) is 0 Å². The number of anilines is 1. The van der Waals surface area contributed by atoms with Gasteiger partial charge in [0.25, 0.3) is 0 Å². The van der Waals surface area contributed by atoms with E-state index >= 15 is 0 Å². The Morgan fingerprint density at radius 2 is 1.79 bits per heavy atom. The third-order valence-electron chi connectivity index (χ3n) is 3.05. The molecule has 4 heteroatoms. The van der Waals surface area contributed by atoms with Gasteiger partial charge in [0.2, 0.25) is 0 Å². The number of nitrogens with zero attached hydrogens (tertiary/aromatic N) is 1. The molecular weight excluding hydrogens is 262 g/mol. The maximum absolute atomic E-state index is 10.9. The summed E-state index contributed by atoms with van der Waals surface area (Å²) >= 11 is 5.85. The summed E-state index contributed by atoms with van der Waals surface area (Å²) in [5, 5.41) is 9.64. The van der Waals surface area contributed by atoms with E-state index in [4.69, 9.17) is 16.7 Å². The first-order valence-electron chi connectivity index (χ1n) is 6.85. The molecule has 1 N–H and O–H groups in total. The molecule has 0 aliphatic carbocycles. The van der Waals surface area contributed by atoms with Crippen LogP contribution < -0.4 is 4.90 Å². The van der Waals surface area contributed by atoms with Gasteiger partial charge in [-0.3, -0.25) is 4.79 Å². The summed E-state index contributed by atoms with van der Waals surface area (Å²) in [5.74, 6) is -0.802. The van der Waals surface area contributed by atoms with Crippen LogP contribution in [0.15, 0.2) is 24.3 Å². The maximum atomic E-state index is 10.9. The van der Waals surface area contributed by atoms with E-state index in [1.54, 1.807) is 12.1 Å². The Balaban J connectivity index is 2.51. The van der Waals surface area contributed by atoms with Crippen LogP contribution >= 0.6 is 11.6 Å². The average Bonchev–Trinajstić information content (AvgIpc) is 2.38. The van der Waals surface area contributed by atoms with Crippen LogP contribution in [0.4, 0.5) is 5.69 Å². The zero-order valence-electron chi connectivity index (χ0n) is 11.4. The van der Waals surface area contributed by atoms with Crippen molar-refractivity contribution < 1.29 is 9.90 Å². The van der Waals surface area contributed by atoms with Crippen molar-refractivity contribution >= 4 is 23.3 Å². The number of hydrogen-bond acceptors (Lipinski definition) is 2. The molecule has 0 radical (unpaired) electrons. The molecule has 0 amide bonds. The van der Waals surface area contributed by atoms with Crippen LogP contribution in [0.1, 0.15) is 39.0 Å². The number of unbranched alkanes of at least 4 members (excludes halogenated alkanes) is 4. The van der Waals surface area contributed by atoms with Crippen LogP contribution in [0.2, 0.25) is 5.02 Å². The highest BCUT2D eigenvalue weighted by Crippen LogP contribution is 2.18. The second-order valence-electron chi connectivity index (χ2n) is 4.71. The van der Waals surface area contributed by atoms with Gasteiger partial charge in [0.1, 0.15) is 6.54 Å². The Labute approximate surface area is 120 Å². The standard InChI is InChI=1S/C15H22ClNO2/c1-2-3-4-5-6-11-17(12-15(18)19)14-9-7-13(16)8-10-14/h7-10H,2-6,11-12H2,1H3,(H,18,19). The highest BCUT2D eigenvalue weighted by molar-refractivity contribution is 6.30. The molecule has 1 rings (SSSR count). The second kappa shape index (κ2) is 8.81. The summed E-state index contributed by atoms with van der Waals surface area (Å²) in [6, 6.07) is 7.33. The van der Waals surface area contributed by atoms with Gasteiger partial charge in [0.05, 0.1) is 0 Å². The molecule has 1 aromatic carbocycles. The predicted molar refractivity (Wildman–Crippen MR) is 80.1 cm³/mol. The topological polar surface area (TPSA) is 40.5 Å². The van der Waals surface area contributed by atoms with E-state index in [1.165, 1.54) is 19.3 Å². The van der Waals surface area contributed by atoms with Gasteiger partial charge >= 0.3 is 5.97 Å². The van der Waals surface area contributed by atoms with E-state index in [0.717, 1.165) is 25.1 Å². The molecule has 1 aromatic rings. The minimum Gasteiger partial charge on any atom is -0.480 e. The molecule has 0 fully saturated rings. The first kappa shape index (κ1) is 15.8. The minimum atomic E-state index is -0.802. The van der Waals surface area contributed by atoms with Gasteiger partial charge in [-0.2, -0.15) is 0 Å². The minimum absolute atomic E-state index is 0.0371. The van der Waals surface area contributed by atoms with Crippen molar-refractivity contribution in [3.63, 3.8) is 0 Å². The Kier molecular flexibility index (Phi) is 7.34. The van der Waals surface area contributed by atoms with Crippen molar-refractivity contribution in [2.45, 2.75) is 39.0 Å². The van der Waals surface area contributed by atoms with E-state index in [9.17, 15) is 4.79 Å². The summed E-state index contributed by atoms with van der Waals surface area (Å²) in [6.07, 6.45) is 5.86. The van der Waals surface area contributed by atoms with Crippen LogP contribution in [-0.2, 0) is 4.79 Å². The Morgan fingerprint density at radius 3 is 2.37 bits per heavy atom. The van der Waals surface area contributed by atoms with Crippen LogP contribution in [0, 0.1) is 0 Å². The summed E-state index contributed by atoms with van der Waals surface area (Å²) in [5.41, 5.74) is 0.919. The molecule has 0 saturated carbocycles. The van der Waals surface area contributed by atoms with Gasteiger partial charge in [-0.25, -0.2) is 0 Å². The smallest absolute Gasteiger partial charge is 0.323 e. The van der Waals surface area contributed by atoms with Crippen molar-refractivity contribution in [3.8, 4) is 0 Å². The number of aliphatic carboxylic acids is 1. The zero-order valence-corrected chi connectivity index (χ0v) is 12.2. The highest BCUT2D eigenvalue weighted by atomic mass is 35.5. The number of halogens is 1. The molecule has 0 atom stereocenters. The molecule has 0 unspecified atom stereocenters. The molecule has 0 aromatic heterocycles. The molecule has 0 aliphatic rings. The number of rotatable bonds is 9. The van der Waals surface area contributed by atoms with Gasteiger partial charge in [-0.15, -0.1) is 0 Å². The van der Waals surface area contributed by atoms with E-state index in [2.05, 4.69) is 6.92 Å². The van der Waals surface area contributed by atoms with Crippen LogP contribution in [0.3, 0.4) is 0 Å². The molecule has 0 heterocycles. The number of carboxylic acids is 1. The van der Waals surface area contributed by atoms with E-state index in [-0.39, 0.29) is 6.54 Å². The molecule has 106 valence electrons. The first-order chi connectivity index (χ1) is 9.13. The lowest BCUT2D eigenvalue weighted by Gasteiger charge is -2.23. The van der Waals surface area contributed by atoms with Crippen molar-refractivity contribution in [2.24, 2.45) is 0 Å². The summed E-state index contributed by atoms with van der Waals surface area (Å²) < 4.78 is 0.